The summed E-state index contributed by atoms with van der Waals surface area (Å²) in [5, 5.41) is 0. The van der Waals surface area contributed by atoms with Crippen molar-refractivity contribution in [3.63, 3.8) is 0 Å². The summed E-state index contributed by atoms with van der Waals surface area (Å²) >= 11 is 0. The molecule has 1 fully saturated rings. The fraction of sp³-hybridized carbons (Fsp3) is 1.00. The molecule has 0 aliphatic heterocycles. The van der Waals surface area contributed by atoms with E-state index in [-0.39, 0.29) is 5.54 Å². The molecule has 2 atom stereocenters. The van der Waals surface area contributed by atoms with Gasteiger partial charge < -0.3 is 5.73 Å². The Hall–Kier alpha value is -0.0400. The molecule has 0 amide bonds. The number of hydrogen-bond acceptors (Lipinski definition) is 1. The standard InChI is InChI=1S/C10H21N/c1-8(2)9-5-4-6-10(3,11)7-9/h8-9H,4-7,11H2,1-3H3/t9-,10+/m0/s1. The zero-order chi connectivity index (χ0) is 8.48. The fourth-order valence-corrected chi connectivity index (χ4v) is 2.14. The maximum Gasteiger partial charge on any atom is 0.0128 e. The first-order valence-corrected chi connectivity index (χ1v) is 4.80. The Morgan fingerprint density at radius 1 is 1.45 bits per heavy atom. The van der Waals surface area contributed by atoms with Crippen molar-refractivity contribution >= 4 is 0 Å². The summed E-state index contributed by atoms with van der Waals surface area (Å²) in [6.45, 7) is 6.82. The molecule has 0 bridgehead atoms. The molecule has 0 heterocycles. The molecule has 66 valence electrons. The van der Waals surface area contributed by atoms with Crippen molar-refractivity contribution in [2.24, 2.45) is 17.6 Å². The van der Waals surface area contributed by atoms with E-state index in [2.05, 4.69) is 20.8 Å². The average Bonchev–Trinajstić information content (AvgIpc) is 1.85. The van der Waals surface area contributed by atoms with Crippen molar-refractivity contribution in [3.8, 4) is 0 Å². The van der Waals surface area contributed by atoms with Gasteiger partial charge in [0.15, 0.2) is 0 Å². The summed E-state index contributed by atoms with van der Waals surface area (Å²) in [6.07, 6.45) is 5.17. The molecule has 1 nitrogen and oxygen atoms in total. The molecule has 2 N–H and O–H groups in total. The molecule has 0 aromatic carbocycles. The predicted molar refractivity (Wildman–Crippen MR) is 49.4 cm³/mol. The Bertz CT molecular complexity index is 127. The van der Waals surface area contributed by atoms with Crippen molar-refractivity contribution < 1.29 is 0 Å². The minimum absolute atomic E-state index is 0.132. The molecule has 1 heteroatoms. The van der Waals surface area contributed by atoms with E-state index in [9.17, 15) is 0 Å². The minimum atomic E-state index is 0.132. The summed E-state index contributed by atoms with van der Waals surface area (Å²) in [6, 6.07) is 0. The van der Waals surface area contributed by atoms with Crippen LogP contribution in [-0.4, -0.2) is 5.54 Å². The van der Waals surface area contributed by atoms with Crippen LogP contribution < -0.4 is 5.73 Å². The van der Waals surface area contributed by atoms with Crippen LogP contribution in [0.25, 0.3) is 0 Å². The largest absolute Gasteiger partial charge is 0.325 e. The molecule has 1 rings (SSSR count). The van der Waals surface area contributed by atoms with Crippen LogP contribution in [0.4, 0.5) is 0 Å². The fourth-order valence-electron chi connectivity index (χ4n) is 2.14. The lowest BCUT2D eigenvalue weighted by atomic mass is 9.73. The highest BCUT2D eigenvalue weighted by Crippen LogP contribution is 2.34. The highest BCUT2D eigenvalue weighted by Gasteiger charge is 2.29. The van der Waals surface area contributed by atoms with Crippen LogP contribution in [0, 0.1) is 11.8 Å². The first-order chi connectivity index (χ1) is 5.01. The van der Waals surface area contributed by atoms with Gasteiger partial charge in [0.05, 0.1) is 0 Å². The smallest absolute Gasteiger partial charge is 0.0128 e. The summed E-state index contributed by atoms with van der Waals surface area (Å²) in [4.78, 5) is 0. The van der Waals surface area contributed by atoms with Gasteiger partial charge in [0.2, 0.25) is 0 Å². The molecule has 0 saturated heterocycles. The topological polar surface area (TPSA) is 26.0 Å². The van der Waals surface area contributed by atoms with Gasteiger partial charge in [0.25, 0.3) is 0 Å². The maximum atomic E-state index is 6.11. The third-order valence-corrected chi connectivity index (χ3v) is 2.99. The molecular weight excluding hydrogens is 134 g/mol. The van der Waals surface area contributed by atoms with Gasteiger partial charge in [-0.3, -0.25) is 0 Å². The van der Waals surface area contributed by atoms with Gasteiger partial charge >= 0.3 is 0 Å². The highest BCUT2D eigenvalue weighted by atomic mass is 14.7. The third kappa shape index (κ3) is 2.48. The maximum absolute atomic E-state index is 6.11. The Kier molecular flexibility index (Phi) is 2.58. The summed E-state index contributed by atoms with van der Waals surface area (Å²) in [5.41, 5.74) is 6.24. The zero-order valence-corrected chi connectivity index (χ0v) is 8.06. The van der Waals surface area contributed by atoms with Crippen LogP contribution in [0.3, 0.4) is 0 Å². The molecule has 1 aliphatic rings. The van der Waals surface area contributed by atoms with E-state index < -0.39 is 0 Å². The van der Waals surface area contributed by atoms with Crippen molar-refractivity contribution in [2.45, 2.75) is 52.0 Å². The van der Waals surface area contributed by atoms with E-state index in [1.165, 1.54) is 25.7 Å². The lowest BCUT2D eigenvalue weighted by Crippen LogP contribution is -2.42. The predicted octanol–water partition coefficient (Wildman–Crippen LogP) is 2.55. The molecule has 0 spiro atoms. The lowest BCUT2D eigenvalue weighted by molar-refractivity contribution is 0.197. The van der Waals surface area contributed by atoms with Crippen LogP contribution in [-0.2, 0) is 0 Å². The van der Waals surface area contributed by atoms with Crippen molar-refractivity contribution in [2.75, 3.05) is 0 Å². The van der Waals surface area contributed by atoms with Crippen LogP contribution in [0.2, 0.25) is 0 Å². The van der Waals surface area contributed by atoms with Gasteiger partial charge in [0, 0.05) is 5.54 Å². The molecule has 0 aromatic rings. The SMILES string of the molecule is CC(C)[C@H]1CCC[C@@](C)(N)C1. The zero-order valence-electron chi connectivity index (χ0n) is 8.06. The highest BCUT2D eigenvalue weighted by molar-refractivity contribution is 4.87. The number of hydrogen-bond donors (Lipinski definition) is 1. The van der Waals surface area contributed by atoms with Gasteiger partial charge in [-0.15, -0.1) is 0 Å². The lowest BCUT2D eigenvalue weighted by Gasteiger charge is -2.36. The second-order valence-electron chi connectivity index (χ2n) is 4.75. The van der Waals surface area contributed by atoms with E-state index in [1.54, 1.807) is 0 Å². The van der Waals surface area contributed by atoms with Gasteiger partial charge in [-0.2, -0.15) is 0 Å². The Morgan fingerprint density at radius 3 is 2.45 bits per heavy atom. The molecule has 0 radical (unpaired) electrons. The molecule has 0 aromatic heterocycles. The minimum Gasteiger partial charge on any atom is -0.325 e. The van der Waals surface area contributed by atoms with Crippen LogP contribution in [0.15, 0.2) is 0 Å². The molecule has 1 aliphatic carbocycles. The second kappa shape index (κ2) is 3.14. The molecule has 11 heavy (non-hydrogen) atoms. The van der Waals surface area contributed by atoms with E-state index in [0.717, 1.165) is 11.8 Å². The van der Waals surface area contributed by atoms with Crippen molar-refractivity contribution in [3.05, 3.63) is 0 Å². The Morgan fingerprint density at radius 2 is 2.09 bits per heavy atom. The summed E-state index contributed by atoms with van der Waals surface area (Å²) in [7, 11) is 0. The normalized spacial score (nSPS) is 39.5. The summed E-state index contributed by atoms with van der Waals surface area (Å²) in [5.74, 6) is 1.69. The van der Waals surface area contributed by atoms with Crippen molar-refractivity contribution in [1.29, 1.82) is 0 Å². The van der Waals surface area contributed by atoms with Crippen LogP contribution in [0.5, 0.6) is 0 Å². The van der Waals surface area contributed by atoms with Crippen LogP contribution >= 0.6 is 0 Å². The van der Waals surface area contributed by atoms with Gasteiger partial charge in [-0.1, -0.05) is 26.7 Å². The van der Waals surface area contributed by atoms with E-state index in [4.69, 9.17) is 5.73 Å². The van der Waals surface area contributed by atoms with Crippen LogP contribution in [0.1, 0.15) is 46.5 Å². The van der Waals surface area contributed by atoms with Gasteiger partial charge in [-0.25, -0.2) is 0 Å². The van der Waals surface area contributed by atoms with Crippen molar-refractivity contribution in [1.82, 2.24) is 0 Å². The Labute approximate surface area is 70.4 Å². The molecule has 1 saturated carbocycles. The molecule has 0 unspecified atom stereocenters. The van der Waals surface area contributed by atoms with E-state index in [1.807, 2.05) is 0 Å². The monoisotopic (exact) mass is 155 g/mol. The Balaban J connectivity index is 2.46. The second-order valence-corrected chi connectivity index (χ2v) is 4.75. The number of nitrogens with two attached hydrogens (primary N) is 1. The van der Waals surface area contributed by atoms with Gasteiger partial charge in [-0.05, 0) is 31.6 Å². The number of rotatable bonds is 1. The quantitative estimate of drug-likeness (QED) is 0.618. The molecular formula is C10H21N. The summed E-state index contributed by atoms with van der Waals surface area (Å²) < 4.78 is 0. The van der Waals surface area contributed by atoms with E-state index >= 15 is 0 Å². The van der Waals surface area contributed by atoms with E-state index in [0.29, 0.717) is 0 Å². The average molecular weight is 155 g/mol. The first-order valence-electron chi connectivity index (χ1n) is 4.80. The first kappa shape index (κ1) is 9.05. The third-order valence-electron chi connectivity index (χ3n) is 2.99. The van der Waals surface area contributed by atoms with Gasteiger partial charge in [0.1, 0.15) is 0 Å².